The molecule has 0 fully saturated rings. The largest absolute Gasteiger partial charge is 0.481 e. The van der Waals surface area contributed by atoms with Gasteiger partial charge in [-0.1, -0.05) is 19.9 Å². The molecule has 6 heteroatoms. The molecule has 0 amide bonds. The van der Waals surface area contributed by atoms with Crippen LogP contribution in [0.1, 0.15) is 26.0 Å². The molecule has 5 nitrogen and oxygen atoms in total. The number of pyridine rings is 1. The Labute approximate surface area is 140 Å². The highest BCUT2D eigenvalue weighted by Crippen LogP contribution is 2.27. The maximum atomic E-state index is 11.2. The molecule has 1 unspecified atom stereocenters. The van der Waals surface area contributed by atoms with Crippen LogP contribution in [0, 0.1) is 11.8 Å². The summed E-state index contributed by atoms with van der Waals surface area (Å²) in [4.78, 5) is 15.4. The number of rotatable bonds is 9. The molecule has 0 aliphatic carbocycles. The summed E-state index contributed by atoms with van der Waals surface area (Å²) < 4.78 is 5.72. The first-order valence-electron chi connectivity index (χ1n) is 7.65. The molecule has 0 spiro atoms. The van der Waals surface area contributed by atoms with Crippen molar-refractivity contribution in [3.05, 3.63) is 42.3 Å². The van der Waals surface area contributed by atoms with Gasteiger partial charge in [-0.05, 0) is 48.4 Å². The monoisotopic (exact) mass is 334 g/mol. The van der Waals surface area contributed by atoms with Gasteiger partial charge in [-0.2, -0.15) is 0 Å². The Morgan fingerprint density at radius 3 is 2.83 bits per heavy atom. The van der Waals surface area contributed by atoms with Gasteiger partial charge in [0.1, 0.15) is 10.8 Å². The van der Waals surface area contributed by atoms with Gasteiger partial charge in [-0.15, -0.1) is 0 Å². The van der Waals surface area contributed by atoms with E-state index in [4.69, 9.17) is 4.42 Å². The first kappa shape index (κ1) is 17.6. The number of furan rings is 1. The quantitative estimate of drug-likeness (QED) is 0.729. The highest BCUT2D eigenvalue weighted by molar-refractivity contribution is 7.99. The lowest BCUT2D eigenvalue weighted by Gasteiger charge is -2.14. The van der Waals surface area contributed by atoms with Crippen molar-refractivity contribution in [1.29, 1.82) is 0 Å². The lowest BCUT2D eigenvalue weighted by molar-refractivity contribution is -0.142. The fraction of sp³-hybridized carbons (Fsp3) is 0.412. The predicted molar refractivity (Wildman–Crippen MR) is 89.4 cm³/mol. The standard InChI is InChI=1S/C17H22N2O3S/c1-12(2)9-13(17(20)21)10-18-11-14-6-7-16(22-14)23-15-5-3-4-8-19-15/h3-8,12-13,18H,9-11H2,1-2H3,(H,20,21). The van der Waals surface area contributed by atoms with E-state index in [-0.39, 0.29) is 5.92 Å². The number of carboxylic acids is 1. The van der Waals surface area contributed by atoms with Crippen LogP contribution >= 0.6 is 11.8 Å². The fourth-order valence-corrected chi connectivity index (χ4v) is 2.98. The van der Waals surface area contributed by atoms with Crippen LogP contribution in [0.2, 0.25) is 0 Å². The van der Waals surface area contributed by atoms with E-state index in [1.165, 1.54) is 11.8 Å². The smallest absolute Gasteiger partial charge is 0.307 e. The topological polar surface area (TPSA) is 75.4 Å². The molecule has 2 aromatic rings. The Bertz CT molecular complexity index is 613. The van der Waals surface area contributed by atoms with Crippen molar-refractivity contribution in [3.63, 3.8) is 0 Å². The number of aliphatic carboxylic acids is 1. The second kappa shape index (κ2) is 8.74. The van der Waals surface area contributed by atoms with Crippen molar-refractivity contribution >= 4 is 17.7 Å². The molecule has 23 heavy (non-hydrogen) atoms. The van der Waals surface area contributed by atoms with Crippen LogP contribution in [0.15, 0.2) is 51.1 Å². The number of carboxylic acid groups (broad SMARTS) is 1. The molecule has 124 valence electrons. The summed E-state index contributed by atoms with van der Waals surface area (Å²) >= 11 is 1.46. The van der Waals surface area contributed by atoms with Gasteiger partial charge in [-0.25, -0.2) is 4.98 Å². The van der Waals surface area contributed by atoms with Crippen LogP contribution in [0.3, 0.4) is 0 Å². The Balaban J connectivity index is 1.81. The fourth-order valence-electron chi connectivity index (χ4n) is 2.23. The zero-order valence-electron chi connectivity index (χ0n) is 13.4. The zero-order chi connectivity index (χ0) is 16.7. The van der Waals surface area contributed by atoms with E-state index in [0.29, 0.717) is 25.4 Å². The number of nitrogens with zero attached hydrogens (tertiary/aromatic N) is 1. The molecular weight excluding hydrogens is 312 g/mol. The van der Waals surface area contributed by atoms with Crippen LogP contribution in [0.4, 0.5) is 0 Å². The third-order valence-corrected chi connectivity index (χ3v) is 4.15. The first-order chi connectivity index (χ1) is 11.0. The number of nitrogens with one attached hydrogen (secondary N) is 1. The highest BCUT2D eigenvalue weighted by Gasteiger charge is 2.18. The zero-order valence-corrected chi connectivity index (χ0v) is 14.2. The lowest BCUT2D eigenvalue weighted by atomic mass is 9.97. The van der Waals surface area contributed by atoms with Crippen LogP contribution in [-0.4, -0.2) is 22.6 Å². The Hall–Kier alpha value is -1.79. The number of aromatic nitrogens is 1. The Morgan fingerprint density at radius 1 is 1.35 bits per heavy atom. The summed E-state index contributed by atoms with van der Waals surface area (Å²) in [5.74, 6) is 0.0318. The van der Waals surface area contributed by atoms with Gasteiger partial charge >= 0.3 is 5.97 Å². The van der Waals surface area contributed by atoms with Gasteiger partial charge in [0, 0.05) is 12.7 Å². The van der Waals surface area contributed by atoms with Crippen molar-refractivity contribution in [2.24, 2.45) is 11.8 Å². The summed E-state index contributed by atoms with van der Waals surface area (Å²) in [6.45, 7) is 5.02. The number of carbonyl (C=O) groups is 1. The van der Waals surface area contributed by atoms with E-state index < -0.39 is 5.97 Å². The Kier molecular flexibility index (Phi) is 6.67. The van der Waals surface area contributed by atoms with Gasteiger partial charge in [0.05, 0.1) is 12.5 Å². The molecule has 0 radical (unpaired) electrons. The lowest BCUT2D eigenvalue weighted by Crippen LogP contribution is -2.29. The molecule has 2 rings (SSSR count). The third-order valence-electron chi connectivity index (χ3n) is 3.28. The summed E-state index contributed by atoms with van der Waals surface area (Å²) in [5.41, 5.74) is 0. The molecular formula is C17H22N2O3S. The van der Waals surface area contributed by atoms with E-state index in [9.17, 15) is 9.90 Å². The molecule has 0 aromatic carbocycles. The summed E-state index contributed by atoms with van der Waals surface area (Å²) in [6.07, 6.45) is 2.41. The average Bonchev–Trinajstić information content (AvgIpc) is 2.94. The van der Waals surface area contributed by atoms with Crippen LogP contribution in [0.25, 0.3) is 0 Å². The van der Waals surface area contributed by atoms with Crippen molar-refractivity contribution in [2.75, 3.05) is 6.54 Å². The van der Waals surface area contributed by atoms with E-state index in [2.05, 4.69) is 10.3 Å². The minimum atomic E-state index is -0.753. The normalized spacial score (nSPS) is 12.5. The predicted octanol–water partition coefficient (Wildman–Crippen LogP) is 3.66. The number of hydrogen-bond acceptors (Lipinski definition) is 5. The number of hydrogen-bond donors (Lipinski definition) is 2. The van der Waals surface area contributed by atoms with Gasteiger partial charge in [0.25, 0.3) is 0 Å². The summed E-state index contributed by atoms with van der Waals surface area (Å²) in [6, 6.07) is 9.53. The van der Waals surface area contributed by atoms with Gasteiger partial charge in [-0.3, -0.25) is 4.79 Å². The summed E-state index contributed by atoms with van der Waals surface area (Å²) in [7, 11) is 0. The molecule has 0 saturated heterocycles. The summed E-state index contributed by atoms with van der Waals surface area (Å²) in [5, 5.41) is 14.0. The Morgan fingerprint density at radius 2 is 2.17 bits per heavy atom. The first-order valence-corrected chi connectivity index (χ1v) is 8.47. The van der Waals surface area contributed by atoms with Gasteiger partial charge < -0.3 is 14.8 Å². The average molecular weight is 334 g/mol. The second-order valence-electron chi connectivity index (χ2n) is 5.79. The van der Waals surface area contributed by atoms with Crippen molar-refractivity contribution in [1.82, 2.24) is 10.3 Å². The van der Waals surface area contributed by atoms with Gasteiger partial charge in [0.15, 0.2) is 5.09 Å². The van der Waals surface area contributed by atoms with Crippen LogP contribution < -0.4 is 5.32 Å². The maximum Gasteiger partial charge on any atom is 0.307 e. The molecule has 2 aromatic heterocycles. The molecule has 1 atom stereocenters. The highest BCUT2D eigenvalue weighted by atomic mass is 32.2. The van der Waals surface area contributed by atoms with Gasteiger partial charge in [0.2, 0.25) is 0 Å². The van der Waals surface area contributed by atoms with E-state index in [1.807, 2.05) is 44.2 Å². The molecule has 2 heterocycles. The van der Waals surface area contributed by atoms with E-state index in [1.54, 1.807) is 6.20 Å². The maximum absolute atomic E-state index is 11.2. The van der Waals surface area contributed by atoms with E-state index >= 15 is 0 Å². The molecule has 2 N–H and O–H groups in total. The minimum absolute atomic E-state index is 0.364. The van der Waals surface area contributed by atoms with E-state index in [0.717, 1.165) is 15.9 Å². The van der Waals surface area contributed by atoms with Crippen molar-refractivity contribution < 1.29 is 14.3 Å². The third kappa shape index (κ3) is 6.08. The van der Waals surface area contributed by atoms with Crippen LogP contribution in [0.5, 0.6) is 0 Å². The molecule has 0 aliphatic heterocycles. The van der Waals surface area contributed by atoms with Crippen molar-refractivity contribution in [2.45, 2.75) is 36.9 Å². The SMILES string of the molecule is CC(C)CC(CNCc1ccc(Sc2ccccn2)o1)C(=O)O. The molecule has 0 bridgehead atoms. The minimum Gasteiger partial charge on any atom is -0.481 e. The van der Waals surface area contributed by atoms with Crippen molar-refractivity contribution in [3.8, 4) is 0 Å². The van der Waals surface area contributed by atoms with Crippen LogP contribution in [-0.2, 0) is 11.3 Å². The molecule has 0 aliphatic rings. The second-order valence-corrected chi connectivity index (χ2v) is 6.81. The molecule has 0 saturated carbocycles.